The maximum absolute atomic E-state index is 12.4. The Morgan fingerprint density at radius 1 is 0.933 bits per heavy atom. The molecule has 7 heteroatoms. The Labute approximate surface area is 176 Å². The molecule has 0 aliphatic rings. The number of phenols is 1. The lowest BCUT2D eigenvalue weighted by atomic mass is 9.86. The fraction of sp³-hybridized carbons (Fsp3) is 0.348. The largest absolute Gasteiger partial charge is 0.508 e. The van der Waals surface area contributed by atoms with Gasteiger partial charge in [0.2, 0.25) is 5.91 Å². The summed E-state index contributed by atoms with van der Waals surface area (Å²) >= 11 is 0. The summed E-state index contributed by atoms with van der Waals surface area (Å²) in [5, 5.41) is 23.8. The van der Waals surface area contributed by atoms with Crippen molar-refractivity contribution in [3.05, 3.63) is 65.2 Å². The summed E-state index contributed by atoms with van der Waals surface area (Å²) in [7, 11) is 0. The Bertz CT molecular complexity index is 899. The van der Waals surface area contributed by atoms with Gasteiger partial charge in [0.05, 0.1) is 0 Å². The van der Waals surface area contributed by atoms with Gasteiger partial charge in [-0.15, -0.1) is 0 Å². The van der Waals surface area contributed by atoms with Crippen LogP contribution in [0.2, 0.25) is 0 Å². The second-order valence-corrected chi connectivity index (χ2v) is 8.29. The van der Waals surface area contributed by atoms with Gasteiger partial charge >= 0.3 is 5.97 Å². The van der Waals surface area contributed by atoms with E-state index in [2.05, 4.69) is 31.4 Å². The van der Waals surface area contributed by atoms with Gasteiger partial charge in [0.1, 0.15) is 17.8 Å². The van der Waals surface area contributed by atoms with Crippen LogP contribution >= 0.6 is 0 Å². The first-order valence-corrected chi connectivity index (χ1v) is 9.70. The van der Waals surface area contributed by atoms with Gasteiger partial charge in [-0.3, -0.25) is 9.59 Å². The van der Waals surface area contributed by atoms with Crippen molar-refractivity contribution in [2.75, 3.05) is 0 Å². The Morgan fingerprint density at radius 3 is 2.00 bits per heavy atom. The average molecular weight is 412 g/mol. The highest BCUT2D eigenvalue weighted by molar-refractivity contribution is 5.98. The number of hydrogen-bond donors (Lipinski definition) is 4. The van der Waals surface area contributed by atoms with Gasteiger partial charge in [0.25, 0.3) is 5.91 Å². The van der Waals surface area contributed by atoms with Gasteiger partial charge in [0.15, 0.2) is 0 Å². The molecule has 0 aliphatic heterocycles. The molecule has 0 unspecified atom stereocenters. The summed E-state index contributed by atoms with van der Waals surface area (Å²) in [6.45, 7) is 7.72. The number of aromatic hydroxyl groups is 1. The molecule has 0 fully saturated rings. The highest BCUT2D eigenvalue weighted by Gasteiger charge is 2.24. The van der Waals surface area contributed by atoms with Crippen molar-refractivity contribution in [2.24, 2.45) is 0 Å². The summed E-state index contributed by atoms with van der Waals surface area (Å²) in [6, 6.07) is 11.1. The van der Waals surface area contributed by atoms with E-state index in [0.717, 1.165) is 5.56 Å². The van der Waals surface area contributed by atoms with Gasteiger partial charge in [0, 0.05) is 12.0 Å². The number of nitrogens with one attached hydrogen (secondary N) is 2. The first-order valence-electron chi connectivity index (χ1n) is 9.70. The molecule has 160 valence electrons. The van der Waals surface area contributed by atoms with Crippen LogP contribution in [0.15, 0.2) is 48.5 Å². The molecule has 0 saturated carbocycles. The Kier molecular flexibility index (Phi) is 7.21. The average Bonchev–Trinajstić information content (AvgIpc) is 2.68. The number of hydrogen-bond acceptors (Lipinski definition) is 4. The molecule has 2 atom stereocenters. The Morgan fingerprint density at radius 2 is 1.50 bits per heavy atom. The molecule has 2 aromatic rings. The van der Waals surface area contributed by atoms with E-state index in [1.54, 1.807) is 24.3 Å². The monoisotopic (exact) mass is 412 g/mol. The number of carboxylic acid groups (broad SMARTS) is 1. The van der Waals surface area contributed by atoms with Crippen LogP contribution in [0.3, 0.4) is 0 Å². The molecular weight excluding hydrogens is 384 g/mol. The number of carbonyl (C=O) groups excluding carboxylic acids is 2. The maximum atomic E-state index is 12.4. The minimum atomic E-state index is -1.19. The fourth-order valence-electron chi connectivity index (χ4n) is 2.83. The van der Waals surface area contributed by atoms with Crippen molar-refractivity contribution < 1.29 is 24.6 Å². The lowest BCUT2D eigenvalue weighted by Crippen LogP contribution is -2.51. The van der Waals surface area contributed by atoms with Crippen LogP contribution < -0.4 is 10.6 Å². The zero-order valence-corrected chi connectivity index (χ0v) is 17.6. The Balaban J connectivity index is 1.98. The second kappa shape index (κ2) is 9.43. The molecule has 0 heterocycles. The normalized spacial score (nSPS) is 13.2. The number of rotatable bonds is 7. The summed E-state index contributed by atoms with van der Waals surface area (Å²) in [5.41, 5.74) is 2.12. The van der Waals surface area contributed by atoms with Crippen LogP contribution in [-0.2, 0) is 21.4 Å². The molecule has 0 bridgehead atoms. The number of carbonyl (C=O) groups is 3. The zero-order chi connectivity index (χ0) is 22.5. The molecule has 0 saturated heterocycles. The molecule has 4 N–H and O–H groups in total. The number of aliphatic carboxylic acids is 1. The lowest BCUT2D eigenvalue weighted by Gasteiger charge is -2.20. The quantitative estimate of drug-likeness (QED) is 0.558. The van der Waals surface area contributed by atoms with Crippen molar-refractivity contribution in [1.29, 1.82) is 0 Å². The van der Waals surface area contributed by atoms with E-state index in [9.17, 15) is 24.6 Å². The third-order valence-corrected chi connectivity index (χ3v) is 4.74. The van der Waals surface area contributed by atoms with E-state index in [1.165, 1.54) is 19.1 Å². The first kappa shape index (κ1) is 22.9. The molecule has 2 rings (SSSR count). The molecule has 0 spiro atoms. The molecule has 0 aliphatic carbocycles. The minimum absolute atomic E-state index is 0.0362. The van der Waals surface area contributed by atoms with Crippen molar-refractivity contribution in [1.82, 2.24) is 10.6 Å². The van der Waals surface area contributed by atoms with E-state index in [0.29, 0.717) is 11.1 Å². The highest BCUT2D eigenvalue weighted by Crippen LogP contribution is 2.22. The lowest BCUT2D eigenvalue weighted by molar-refractivity contribution is -0.142. The summed E-state index contributed by atoms with van der Waals surface area (Å²) < 4.78 is 0. The molecule has 0 radical (unpaired) electrons. The van der Waals surface area contributed by atoms with Crippen molar-refractivity contribution >= 4 is 17.8 Å². The highest BCUT2D eigenvalue weighted by atomic mass is 16.4. The standard InChI is InChI=1S/C23H28N2O5/c1-14(24-21(28)16-7-9-17(10-8-16)23(2,3)4)20(27)25-19(22(29)30)13-15-5-11-18(26)12-6-15/h5-12,14,19,26H,13H2,1-4H3,(H,24,28)(H,25,27)(H,29,30)/t14-,19+/m0/s1. The molecule has 2 amide bonds. The third-order valence-electron chi connectivity index (χ3n) is 4.74. The summed E-state index contributed by atoms with van der Waals surface area (Å²) in [4.78, 5) is 36.4. The topological polar surface area (TPSA) is 116 Å². The SMILES string of the molecule is C[C@H](NC(=O)c1ccc(C(C)(C)C)cc1)C(=O)N[C@H](Cc1ccc(O)cc1)C(=O)O. The van der Waals surface area contributed by atoms with Crippen LogP contribution in [0.1, 0.15) is 49.2 Å². The van der Waals surface area contributed by atoms with Gasteiger partial charge in [-0.05, 0) is 47.7 Å². The molecule has 0 aromatic heterocycles. The van der Waals surface area contributed by atoms with Gasteiger partial charge in [-0.1, -0.05) is 45.0 Å². The van der Waals surface area contributed by atoms with Crippen molar-refractivity contribution in [3.63, 3.8) is 0 Å². The minimum Gasteiger partial charge on any atom is -0.508 e. The Hall–Kier alpha value is -3.35. The van der Waals surface area contributed by atoms with E-state index in [4.69, 9.17) is 0 Å². The molecule has 30 heavy (non-hydrogen) atoms. The molecule has 2 aromatic carbocycles. The van der Waals surface area contributed by atoms with Gasteiger partial charge in [-0.2, -0.15) is 0 Å². The number of amides is 2. The van der Waals surface area contributed by atoms with Crippen LogP contribution in [0, 0.1) is 0 Å². The smallest absolute Gasteiger partial charge is 0.326 e. The summed E-state index contributed by atoms with van der Waals surface area (Å²) in [5.74, 6) is -2.13. The molecule has 7 nitrogen and oxygen atoms in total. The number of phenolic OH excluding ortho intramolecular Hbond substituents is 1. The van der Waals surface area contributed by atoms with Crippen LogP contribution in [0.25, 0.3) is 0 Å². The van der Waals surface area contributed by atoms with Gasteiger partial charge in [-0.25, -0.2) is 4.79 Å². The predicted molar refractivity (Wildman–Crippen MR) is 113 cm³/mol. The van der Waals surface area contributed by atoms with E-state index in [1.807, 2.05) is 12.1 Å². The number of carboxylic acids is 1. The van der Waals surface area contributed by atoms with Crippen molar-refractivity contribution in [3.8, 4) is 5.75 Å². The van der Waals surface area contributed by atoms with Crippen LogP contribution in [-0.4, -0.2) is 40.1 Å². The van der Waals surface area contributed by atoms with E-state index in [-0.39, 0.29) is 17.6 Å². The van der Waals surface area contributed by atoms with Crippen LogP contribution in [0.4, 0.5) is 0 Å². The van der Waals surface area contributed by atoms with E-state index >= 15 is 0 Å². The summed E-state index contributed by atoms with van der Waals surface area (Å²) in [6.07, 6.45) is 0.0519. The maximum Gasteiger partial charge on any atom is 0.326 e. The van der Waals surface area contributed by atoms with Crippen molar-refractivity contribution in [2.45, 2.75) is 51.6 Å². The third kappa shape index (κ3) is 6.34. The van der Waals surface area contributed by atoms with Gasteiger partial charge < -0.3 is 20.8 Å². The van der Waals surface area contributed by atoms with E-state index < -0.39 is 29.9 Å². The second-order valence-electron chi connectivity index (χ2n) is 8.29. The zero-order valence-electron chi connectivity index (χ0n) is 17.6. The fourth-order valence-corrected chi connectivity index (χ4v) is 2.83. The predicted octanol–water partition coefficient (Wildman–Crippen LogP) is 2.62. The first-order chi connectivity index (χ1) is 14.0. The van der Waals surface area contributed by atoms with Crippen LogP contribution in [0.5, 0.6) is 5.75 Å². The molecular formula is C23H28N2O5. The number of benzene rings is 2.